The summed E-state index contributed by atoms with van der Waals surface area (Å²) in [5.41, 5.74) is 4.85. The summed E-state index contributed by atoms with van der Waals surface area (Å²) in [5.74, 6) is -2.69. The van der Waals surface area contributed by atoms with Gasteiger partial charge in [0.1, 0.15) is 28.9 Å². The molecule has 0 unspecified atom stereocenters. The minimum atomic E-state index is -0.856. The molecule has 0 aliphatic heterocycles. The Bertz CT molecular complexity index is 1070. The highest BCUT2D eigenvalue weighted by Gasteiger charge is 2.25. The van der Waals surface area contributed by atoms with Crippen LogP contribution in [-0.2, 0) is 0 Å². The molecular weight excluding hydrogens is 375 g/mol. The number of hydrogen-bond donors (Lipinski definition) is 2. The maximum Gasteiger partial charge on any atom is 0.334 e. The van der Waals surface area contributed by atoms with Crippen LogP contribution in [0.25, 0.3) is 0 Å². The largest absolute Gasteiger partial charge is 0.450 e. The van der Waals surface area contributed by atoms with Crippen LogP contribution >= 0.6 is 0 Å². The van der Waals surface area contributed by atoms with Crippen molar-refractivity contribution in [1.29, 1.82) is 0 Å². The fraction of sp³-hybridized carbons (Fsp3) is 0.0526. The van der Waals surface area contributed by atoms with Crippen LogP contribution in [0.5, 0.6) is 11.5 Å². The lowest BCUT2D eigenvalue weighted by Gasteiger charge is -2.13. The van der Waals surface area contributed by atoms with E-state index in [4.69, 9.17) is 10.5 Å². The summed E-state index contributed by atoms with van der Waals surface area (Å²) in [5, 5.41) is 14.1. The number of hydrogen-bond acceptors (Lipinski definition) is 5. The number of nitrogens with zero attached hydrogens (tertiary/aromatic N) is 1. The third kappa shape index (κ3) is 3.98. The molecule has 28 heavy (non-hydrogen) atoms. The average molecular weight is 389 g/mol. The highest BCUT2D eigenvalue weighted by molar-refractivity contribution is 5.75. The highest BCUT2D eigenvalue weighted by Crippen LogP contribution is 2.40. The molecule has 144 valence electrons. The van der Waals surface area contributed by atoms with Gasteiger partial charge in [0, 0.05) is 18.2 Å². The summed E-state index contributed by atoms with van der Waals surface area (Å²) in [6.45, 7) is 1.68. The molecule has 3 aromatic rings. The van der Waals surface area contributed by atoms with Gasteiger partial charge in [0.15, 0.2) is 0 Å². The van der Waals surface area contributed by atoms with E-state index in [1.54, 1.807) is 13.0 Å². The first kappa shape index (κ1) is 19.0. The van der Waals surface area contributed by atoms with E-state index in [1.807, 2.05) is 0 Å². The summed E-state index contributed by atoms with van der Waals surface area (Å²) < 4.78 is 46.8. The lowest BCUT2D eigenvalue weighted by molar-refractivity contribution is -0.384. The van der Waals surface area contributed by atoms with Crippen molar-refractivity contribution in [2.24, 2.45) is 0 Å². The second-order valence-electron chi connectivity index (χ2n) is 5.95. The topological polar surface area (TPSA) is 90.4 Å². The number of nitrogen functional groups attached to an aromatic ring is 1. The van der Waals surface area contributed by atoms with E-state index in [9.17, 15) is 23.3 Å². The molecule has 9 heteroatoms. The smallest absolute Gasteiger partial charge is 0.334 e. The van der Waals surface area contributed by atoms with Crippen molar-refractivity contribution in [2.45, 2.75) is 6.92 Å². The van der Waals surface area contributed by atoms with Gasteiger partial charge in [0.2, 0.25) is 5.75 Å². The molecule has 3 rings (SSSR count). The molecule has 0 heterocycles. The lowest BCUT2D eigenvalue weighted by Crippen LogP contribution is -2.02. The third-order valence-corrected chi connectivity index (χ3v) is 3.81. The zero-order valence-corrected chi connectivity index (χ0v) is 14.5. The summed E-state index contributed by atoms with van der Waals surface area (Å²) in [6, 6.07) is 9.15. The molecule has 0 radical (unpaired) electrons. The Hall–Kier alpha value is -3.75. The Balaban J connectivity index is 2.05. The molecule has 0 aliphatic carbocycles. The molecule has 3 N–H and O–H groups in total. The fourth-order valence-corrected chi connectivity index (χ4v) is 2.51. The Kier molecular flexibility index (Phi) is 5.08. The number of ether oxygens (including phenoxy) is 1. The normalized spacial score (nSPS) is 10.6. The van der Waals surface area contributed by atoms with Crippen LogP contribution < -0.4 is 15.8 Å². The first-order valence-electron chi connectivity index (χ1n) is 7.98. The molecule has 3 aromatic carbocycles. The number of halogens is 3. The van der Waals surface area contributed by atoms with E-state index in [0.717, 1.165) is 24.3 Å². The van der Waals surface area contributed by atoms with Gasteiger partial charge in [-0.2, -0.15) is 0 Å². The summed E-state index contributed by atoms with van der Waals surface area (Å²) >= 11 is 0. The predicted octanol–water partition coefficient (Wildman–Crippen LogP) is 5.44. The minimum absolute atomic E-state index is 0.0277. The fourth-order valence-electron chi connectivity index (χ4n) is 2.51. The molecule has 0 aliphatic rings. The number of nitro groups is 1. The Morgan fingerprint density at radius 3 is 2.39 bits per heavy atom. The van der Waals surface area contributed by atoms with Gasteiger partial charge in [-0.05, 0) is 36.8 Å². The molecule has 0 spiro atoms. The number of benzene rings is 3. The van der Waals surface area contributed by atoms with Gasteiger partial charge < -0.3 is 15.8 Å². The SMILES string of the molecule is Cc1ccc(Nc2cc(F)cc(Oc3ccc(F)c(N)c3)c2[N+](=O)[O-])c(F)c1. The van der Waals surface area contributed by atoms with Gasteiger partial charge in [-0.3, -0.25) is 10.1 Å². The molecule has 0 aromatic heterocycles. The van der Waals surface area contributed by atoms with Crippen molar-refractivity contribution in [3.05, 3.63) is 81.7 Å². The number of anilines is 3. The van der Waals surface area contributed by atoms with Gasteiger partial charge in [0.25, 0.3) is 0 Å². The molecule has 0 amide bonds. The van der Waals surface area contributed by atoms with Crippen molar-refractivity contribution < 1.29 is 22.8 Å². The quantitative estimate of drug-likeness (QED) is 0.345. The van der Waals surface area contributed by atoms with E-state index >= 15 is 0 Å². The van der Waals surface area contributed by atoms with E-state index < -0.39 is 33.8 Å². The maximum absolute atomic E-state index is 14.1. The zero-order valence-electron chi connectivity index (χ0n) is 14.5. The third-order valence-electron chi connectivity index (χ3n) is 3.81. The molecule has 0 saturated carbocycles. The van der Waals surface area contributed by atoms with Crippen LogP contribution in [0.4, 0.5) is 35.9 Å². The van der Waals surface area contributed by atoms with Crippen LogP contribution in [0, 0.1) is 34.5 Å². The molecule has 0 bridgehead atoms. The average Bonchev–Trinajstić information content (AvgIpc) is 2.60. The summed E-state index contributed by atoms with van der Waals surface area (Å²) in [4.78, 5) is 10.8. The number of rotatable bonds is 5. The van der Waals surface area contributed by atoms with Crippen LogP contribution in [0.2, 0.25) is 0 Å². The first-order valence-corrected chi connectivity index (χ1v) is 7.98. The molecule has 0 saturated heterocycles. The number of nitrogens with one attached hydrogen (secondary N) is 1. The van der Waals surface area contributed by atoms with Gasteiger partial charge in [-0.25, -0.2) is 13.2 Å². The summed E-state index contributed by atoms with van der Waals surface area (Å²) in [6.07, 6.45) is 0. The van der Waals surface area contributed by atoms with Gasteiger partial charge in [0.05, 0.1) is 16.3 Å². The lowest BCUT2D eigenvalue weighted by atomic mass is 10.2. The second kappa shape index (κ2) is 7.47. The predicted molar refractivity (Wildman–Crippen MR) is 98.4 cm³/mol. The van der Waals surface area contributed by atoms with Crippen molar-refractivity contribution in [2.75, 3.05) is 11.1 Å². The highest BCUT2D eigenvalue weighted by atomic mass is 19.1. The van der Waals surface area contributed by atoms with Crippen molar-refractivity contribution >= 4 is 22.7 Å². The molecule has 0 atom stereocenters. The number of nitro benzene ring substituents is 1. The van der Waals surface area contributed by atoms with E-state index in [-0.39, 0.29) is 22.8 Å². The first-order chi connectivity index (χ1) is 13.2. The summed E-state index contributed by atoms with van der Waals surface area (Å²) in [7, 11) is 0. The van der Waals surface area contributed by atoms with E-state index in [0.29, 0.717) is 5.56 Å². The molecule has 0 fully saturated rings. The van der Waals surface area contributed by atoms with Gasteiger partial charge in [-0.15, -0.1) is 0 Å². The maximum atomic E-state index is 14.1. The Morgan fingerprint density at radius 2 is 1.75 bits per heavy atom. The van der Waals surface area contributed by atoms with Crippen LogP contribution in [0.15, 0.2) is 48.5 Å². The van der Waals surface area contributed by atoms with Crippen LogP contribution in [-0.4, -0.2) is 4.92 Å². The minimum Gasteiger partial charge on any atom is -0.450 e. The Morgan fingerprint density at radius 1 is 1.00 bits per heavy atom. The molecular formula is C19H14F3N3O3. The zero-order chi connectivity index (χ0) is 20.4. The van der Waals surface area contributed by atoms with E-state index in [1.165, 1.54) is 18.2 Å². The Labute approximate surface area is 157 Å². The van der Waals surface area contributed by atoms with E-state index in [2.05, 4.69) is 5.32 Å². The number of aryl methyl sites for hydroxylation is 1. The number of nitrogens with two attached hydrogens (primary N) is 1. The van der Waals surface area contributed by atoms with Gasteiger partial charge >= 0.3 is 5.69 Å². The standard InChI is InChI=1S/C19H14F3N3O3/c1-10-2-5-16(14(22)6-10)24-17-7-11(20)8-18(19(17)25(26)27)28-12-3-4-13(21)15(23)9-12/h2-9,24H,23H2,1H3. The van der Waals surface area contributed by atoms with Crippen LogP contribution in [0.1, 0.15) is 5.56 Å². The van der Waals surface area contributed by atoms with Crippen LogP contribution in [0.3, 0.4) is 0 Å². The molecule has 6 nitrogen and oxygen atoms in total. The monoisotopic (exact) mass is 389 g/mol. The second-order valence-corrected chi connectivity index (χ2v) is 5.95. The van der Waals surface area contributed by atoms with Gasteiger partial charge in [-0.1, -0.05) is 6.07 Å². The van der Waals surface area contributed by atoms with Crippen molar-refractivity contribution in [3.63, 3.8) is 0 Å². The van der Waals surface area contributed by atoms with Crippen molar-refractivity contribution in [1.82, 2.24) is 0 Å². The van der Waals surface area contributed by atoms with Crippen molar-refractivity contribution in [3.8, 4) is 11.5 Å².